The fraction of sp³-hybridized carbons (Fsp3) is 1.00. The van der Waals surface area contributed by atoms with Crippen molar-refractivity contribution < 1.29 is 4.74 Å². The monoisotopic (exact) mass is 227 g/mol. The third-order valence-corrected chi connectivity index (χ3v) is 3.27. The van der Waals surface area contributed by atoms with Gasteiger partial charge in [0.05, 0.1) is 6.10 Å². The first-order valence-corrected chi connectivity index (χ1v) is 7.13. The van der Waals surface area contributed by atoms with Gasteiger partial charge < -0.3 is 9.64 Å². The number of hydrogen-bond acceptors (Lipinski definition) is 2. The summed E-state index contributed by atoms with van der Waals surface area (Å²) in [5.74, 6) is 0. The molecule has 2 nitrogen and oxygen atoms in total. The maximum Gasteiger partial charge on any atom is 0.0518 e. The average molecular weight is 227 g/mol. The Morgan fingerprint density at radius 1 is 0.938 bits per heavy atom. The van der Waals surface area contributed by atoms with Gasteiger partial charge >= 0.3 is 0 Å². The lowest BCUT2D eigenvalue weighted by atomic mass is 10.1. The van der Waals surface area contributed by atoms with Crippen LogP contribution in [0.3, 0.4) is 0 Å². The molecule has 0 unspecified atom stereocenters. The molecule has 0 bridgehead atoms. The van der Waals surface area contributed by atoms with Crippen LogP contribution in [0.4, 0.5) is 0 Å². The van der Waals surface area contributed by atoms with Crippen LogP contribution < -0.4 is 0 Å². The fourth-order valence-corrected chi connectivity index (χ4v) is 2.29. The minimum Gasteiger partial charge on any atom is -0.379 e. The van der Waals surface area contributed by atoms with Crippen molar-refractivity contribution in [1.82, 2.24) is 4.90 Å². The van der Waals surface area contributed by atoms with Crippen LogP contribution in [0.1, 0.15) is 58.8 Å². The molecule has 1 aliphatic heterocycles. The van der Waals surface area contributed by atoms with E-state index in [1.54, 1.807) is 0 Å². The zero-order valence-corrected chi connectivity index (χ0v) is 11.2. The number of likely N-dealkylation sites (tertiary alicyclic amines) is 1. The van der Waals surface area contributed by atoms with E-state index in [0.717, 1.165) is 6.61 Å². The summed E-state index contributed by atoms with van der Waals surface area (Å²) in [6, 6.07) is 0. The molecule has 0 aromatic heterocycles. The van der Waals surface area contributed by atoms with E-state index in [0.29, 0.717) is 6.10 Å². The number of nitrogens with zero attached hydrogens (tertiary/aromatic N) is 1. The Morgan fingerprint density at radius 3 is 2.31 bits per heavy atom. The van der Waals surface area contributed by atoms with Gasteiger partial charge in [-0.25, -0.2) is 0 Å². The summed E-state index contributed by atoms with van der Waals surface area (Å²) in [5, 5.41) is 0. The molecule has 0 aromatic carbocycles. The minimum absolute atomic E-state index is 0.397. The molecule has 96 valence electrons. The van der Waals surface area contributed by atoms with Crippen molar-refractivity contribution in [3.63, 3.8) is 0 Å². The Kier molecular flexibility index (Phi) is 7.87. The van der Waals surface area contributed by atoms with E-state index in [-0.39, 0.29) is 0 Å². The van der Waals surface area contributed by atoms with E-state index >= 15 is 0 Å². The van der Waals surface area contributed by atoms with Crippen LogP contribution in [-0.4, -0.2) is 37.2 Å². The molecule has 0 spiro atoms. The summed E-state index contributed by atoms with van der Waals surface area (Å²) >= 11 is 0. The molecule has 0 atom stereocenters. The van der Waals surface area contributed by atoms with Crippen LogP contribution >= 0.6 is 0 Å². The van der Waals surface area contributed by atoms with Crippen LogP contribution in [0, 0.1) is 0 Å². The maximum absolute atomic E-state index is 5.53. The third kappa shape index (κ3) is 7.24. The molecular weight excluding hydrogens is 198 g/mol. The maximum atomic E-state index is 5.53. The highest BCUT2D eigenvalue weighted by atomic mass is 16.5. The van der Waals surface area contributed by atoms with Crippen LogP contribution in [0.15, 0.2) is 0 Å². The molecule has 1 heterocycles. The Morgan fingerprint density at radius 2 is 1.62 bits per heavy atom. The van der Waals surface area contributed by atoms with E-state index < -0.39 is 0 Å². The Labute approximate surface area is 101 Å². The minimum atomic E-state index is 0.397. The standard InChI is InChI=1S/C14H29NO/c1-14(2)16-13-9-4-3-6-10-15-11-7-5-8-12-15/h14H,3-13H2,1-2H3. The predicted molar refractivity (Wildman–Crippen MR) is 69.8 cm³/mol. The van der Waals surface area contributed by atoms with Crippen molar-refractivity contribution in [2.75, 3.05) is 26.2 Å². The molecule has 1 saturated heterocycles. The first-order chi connectivity index (χ1) is 7.79. The van der Waals surface area contributed by atoms with Crippen molar-refractivity contribution in [3.05, 3.63) is 0 Å². The topological polar surface area (TPSA) is 12.5 Å². The summed E-state index contributed by atoms with van der Waals surface area (Å²) in [5.41, 5.74) is 0. The molecule has 0 aliphatic carbocycles. The van der Waals surface area contributed by atoms with Crippen molar-refractivity contribution in [1.29, 1.82) is 0 Å². The van der Waals surface area contributed by atoms with Gasteiger partial charge in [0, 0.05) is 6.61 Å². The summed E-state index contributed by atoms with van der Waals surface area (Å²) in [6.07, 6.45) is 10.00. The first-order valence-electron chi connectivity index (χ1n) is 7.13. The highest BCUT2D eigenvalue weighted by molar-refractivity contribution is 4.64. The van der Waals surface area contributed by atoms with Crippen LogP contribution in [-0.2, 0) is 4.74 Å². The molecule has 2 heteroatoms. The van der Waals surface area contributed by atoms with Crippen LogP contribution in [0.25, 0.3) is 0 Å². The lowest BCUT2D eigenvalue weighted by Crippen LogP contribution is -2.30. The summed E-state index contributed by atoms with van der Waals surface area (Å²) in [7, 11) is 0. The second-order valence-corrected chi connectivity index (χ2v) is 5.24. The predicted octanol–water partition coefficient (Wildman–Crippen LogP) is 3.46. The van der Waals surface area contributed by atoms with Crippen LogP contribution in [0.2, 0.25) is 0 Å². The van der Waals surface area contributed by atoms with Gasteiger partial charge in [0.15, 0.2) is 0 Å². The van der Waals surface area contributed by atoms with Crippen LogP contribution in [0.5, 0.6) is 0 Å². The van der Waals surface area contributed by atoms with E-state index in [1.165, 1.54) is 64.6 Å². The van der Waals surface area contributed by atoms with Gasteiger partial charge in [-0.15, -0.1) is 0 Å². The lowest BCUT2D eigenvalue weighted by molar-refractivity contribution is 0.0755. The molecule has 1 rings (SSSR count). The van der Waals surface area contributed by atoms with Gasteiger partial charge in [-0.05, 0) is 59.2 Å². The normalized spacial score (nSPS) is 18.2. The van der Waals surface area contributed by atoms with Crippen molar-refractivity contribution in [2.45, 2.75) is 64.9 Å². The highest BCUT2D eigenvalue weighted by Gasteiger charge is 2.08. The van der Waals surface area contributed by atoms with Crippen molar-refractivity contribution in [2.24, 2.45) is 0 Å². The molecular formula is C14H29NO. The number of piperidine rings is 1. The summed E-state index contributed by atoms with van der Waals surface area (Å²) in [6.45, 7) is 9.17. The smallest absolute Gasteiger partial charge is 0.0518 e. The van der Waals surface area contributed by atoms with E-state index in [9.17, 15) is 0 Å². The molecule has 0 amide bonds. The first kappa shape index (κ1) is 14.0. The molecule has 0 saturated carbocycles. The van der Waals surface area contributed by atoms with E-state index in [4.69, 9.17) is 4.74 Å². The molecule has 0 N–H and O–H groups in total. The number of rotatable bonds is 8. The lowest BCUT2D eigenvalue weighted by Gasteiger charge is -2.26. The zero-order chi connectivity index (χ0) is 11.6. The average Bonchev–Trinajstić information content (AvgIpc) is 2.29. The molecule has 16 heavy (non-hydrogen) atoms. The Hall–Kier alpha value is -0.0800. The fourth-order valence-electron chi connectivity index (χ4n) is 2.29. The SMILES string of the molecule is CC(C)OCCCCCCN1CCCCC1. The van der Waals surface area contributed by atoms with E-state index in [1.807, 2.05) is 0 Å². The Bertz CT molecular complexity index is 153. The van der Waals surface area contributed by atoms with Crippen molar-refractivity contribution >= 4 is 0 Å². The van der Waals surface area contributed by atoms with Gasteiger partial charge in [0.1, 0.15) is 0 Å². The third-order valence-electron chi connectivity index (χ3n) is 3.27. The molecule has 1 fully saturated rings. The quantitative estimate of drug-likeness (QED) is 0.589. The zero-order valence-electron chi connectivity index (χ0n) is 11.2. The highest BCUT2D eigenvalue weighted by Crippen LogP contribution is 2.10. The number of unbranched alkanes of at least 4 members (excludes halogenated alkanes) is 3. The summed E-state index contributed by atoms with van der Waals surface area (Å²) < 4.78 is 5.53. The van der Waals surface area contributed by atoms with Crippen molar-refractivity contribution in [3.8, 4) is 0 Å². The second-order valence-electron chi connectivity index (χ2n) is 5.24. The van der Waals surface area contributed by atoms with Gasteiger partial charge in [0.2, 0.25) is 0 Å². The second kappa shape index (κ2) is 9.00. The molecule has 0 radical (unpaired) electrons. The summed E-state index contributed by atoms with van der Waals surface area (Å²) in [4.78, 5) is 2.63. The molecule has 0 aromatic rings. The van der Waals surface area contributed by atoms with E-state index in [2.05, 4.69) is 18.7 Å². The Balaban J connectivity index is 1.80. The van der Waals surface area contributed by atoms with Gasteiger partial charge in [-0.2, -0.15) is 0 Å². The molecule has 1 aliphatic rings. The van der Waals surface area contributed by atoms with Gasteiger partial charge in [-0.3, -0.25) is 0 Å². The largest absolute Gasteiger partial charge is 0.379 e. The number of hydrogen-bond donors (Lipinski definition) is 0. The number of ether oxygens (including phenoxy) is 1. The van der Waals surface area contributed by atoms with Gasteiger partial charge in [0.25, 0.3) is 0 Å². The van der Waals surface area contributed by atoms with Gasteiger partial charge in [-0.1, -0.05) is 19.3 Å².